The number of fused-ring (bicyclic) bond motifs is 5. The third kappa shape index (κ3) is 3.78. The van der Waals surface area contributed by atoms with Crippen molar-refractivity contribution in [3.63, 3.8) is 0 Å². The van der Waals surface area contributed by atoms with Crippen LogP contribution in [0.2, 0.25) is 0 Å². The van der Waals surface area contributed by atoms with Gasteiger partial charge in [-0.05, 0) is 74.7 Å². The van der Waals surface area contributed by atoms with Gasteiger partial charge in [0.15, 0.2) is 0 Å². The van der Waals surface area contributed by atoms with Gasteiger partial charge in [-0.3, -0.25) is 0 Å². The summed E-state index contributed by atoms with van der Waals surface area (Å²) in [5.41, 5.74) is -2.89. The van der Waals surface area contributed by atoms with Crippen LogP contribution in [0.5, 0.6) is 0 Å². The van der Waals surface area contributed by atoms with Crippen molar-refractivity contribution in [3.05, 3.63) is 22.1 Å². The third-order valence-corrected chi connectivity index (χ3v) is 10.5. The van der Waals surface area contributed by atoms with E-state index in [4.69, 9.17) is 19.6 Å². The van der Waals surface area contributed by atoms with Gasteiger partial charge in [-0.1, -0.05) is 17.7 Å². The molecule has 0 radical (unpaired) electrons. The molecule has 4 aliphatic carbocycles. The van der Waals surface area contributed by atoms with E-state index in [1.807, 2.05) is 0 Å². The molecule has 12 nitrogen and oxygen atoms in total. The number of aliphatic hydroxyl groups is 2. The van der Waals surface area contributed by atoms with E-state index in [-0.39, 0.29) is 43.4 Å². The Morgan fingerprint density at radius 2 is 1.80 bits per heavy atom. The van der Waals surface area contributed by atoms with E-state index in [0.717, 1.165) is 12.0 Å². The number of carbonyl (C=O) groups is 1. The quantitative estimate of drug-likeness (QED) is 0.198. The van der Waals surface area contributed by atoms with Gasteiger partial charge in [0, 0.05) is 23.3 Å². The monoisotopic (exact) mass is 500 g/mol. The Labute approximate surface area is 203 Å². The van der Waals surface area contributed by atoms with Crippen LogP contribution in [0.1, 0.15) is 64.7 Å². The van der Waals surface area contributed by atoms with Gasteiger partial charge < -0.3 is 25.4 Å². The van der Waals surface area contributed by atoms with Crippen LogP contribution in [0.25, 0.3) is 0 Å². The van der Waals surface area contributed by atoms with E-state index in [2.05, 4.69) is 6.92 Å². The molecular weight excluding hydrogens is 464 g/mol. The lowest BCUT2D eigenvalue weighted by Gasteiger charge is -2.66. The average molecular weight is 501 g/mol. The molecule has 4 saturated carbocycles. The van der Waals surface area contributed by atoms with Gasteiger partial charge in [0.1, 0.15) is 19.3 Å². The molecule has 35 heavy (non-hydrogen) atoms. The van der Waals surface area contributed by atoms with Crippen molar-refractivity contribution in [2.24, 2.45) is 28.6 Å². The maximum atomic E-state index is 12.3. The van der Waals surface area contributed by atoms with Crippen molar-refractivity contribution in [1.29, 1.82) is 0 Å². The van der Waals surface area contributed by atoms with Crippen LogP contribution in [0, 0.1) is 39.0 Å². The number of esters is 1. The highest BCUT2D eigenvalue weighted by Crippen LogP contribution is 2.70. The van der Waals surface area contributed by atoms with E-state index in [1.54, 1.807) is 6.08 Å². The standard InChI is InChI=1S/C23H36N2O10/c1-20-6-3-17-18(23(20,28)9-5-16(20)14-10-19(26)33-12-14)4-8-22(27)11-15(35-25(31)32)2-7-21(17,22)13-34-24(29)30/h10,15-18,24-25,27-29,31H,2-9,11-13H2,1H3. The van der Waals surface area contributed by atoms with Crippen molar-refractivity contribution in [3.8, 4) is 0 Å². The number of hydrogen-bond acceptors (Lipinski definition) is 10. The van der Waals surface area contributed by atoms with Gasteiger partial charge in [0.2, 0.25) is 0 Å². The zero-order valence-corrected chi connectivity index (χ0v) is 19.9. The predicted molar refractivity (Wildman–Crippen MR) is 115 cm³/mol. The second-order valence-electron chi connectivity index (χ2n) is 11.5. The highest BCUT2D eigenvalue weighted by atomic mass is 17.1. The van der Waals surface area contributed by atoms with Crippen molar-refractivity contribution >= 4 is 5.97 Å². The third-order valence-electron chi connectivity index (χ3n) is 10.5. The summed E-state index contributed by atoms with van der Waals surface area (Å²) in [4.78, 5) is 21.9. The van der Waals surface area contributed by atoms with Crippen LogP contribution in [0.4, 0.5) is 0 Å². The van der Waals surface area contributed by atoms with Gasteiger partial charge >= 0.3 is 5.97 Å². The van der Waals surface area contributed by atoms with E-state index in [1.165, 1.54) is 0 Å². The van der Waals surface area contributed by atoms with Gasteiger partial charge in [-0.15, -0.1) is 0 Å². The molecule has 0 aromatic rings. The molecule has 10 unspecified atom stereocenters. The molecule has 0 amide bonds. The number of cyclic esters (lactones) is 1. The molecule has 10 atom stereocenters. The number of quaternary nitrogens is 2. The molecule has 0 aromatic carbocycles. The Balaban J connectivity index is 1.47. The predicted octanol–water partition coefficient (Wildman–Crippen LogP) is -0.886. The molecule has 1 aliphatic heterocycles. The second kappa shape index (κ2) is 8.69. The maximum Gasteiger partial charge on any atom is 0.331 e. The summed E-state index contributed by atoms with van der Waals surface area (Å²) in [5.74, 6) is -0.703. The smallest absolute Gasteiger partial charge is 0.331 e. The van der Waals surface area contributed by atoms with Crippen LogP contribution < -0.4 is 10.8 Å². The summed E-state index contributed by atoms with van der Waals surface area (Å²) >= 11 is 0. The number of ether oxygens (including phenoxy) is 1. The highest BCUT2D eigenvalue weighted by molar-refractivity contribution is 5.85. The van der Waals surface area contributed by atoms with E-state index in [9.17, 15) is 30.6 Å². The number of carbonyl (C=O) groups excluding carboxylic acids is 1. The Hall–Kier alpha value is -1.19. The minimum absolute atomic E-state index is 0.0200. The molecule has 6 N–H and O–H groups in total. The largest absolute Gasteiger partial charge is 0.566 e. The molecule has 198 valence electrons. The van der Waals surface area contributed by atoms with Gasteiger partial charge in [0.25, 0.3) is 0 Å². The highest BCUT2D eigenvalue weighted by Gasteiger charge is 2.71. The first-order chi connectivity index (χ1) is 16.4. The Bertz CT molecular complexity index is 884. The molecule has 1 heterocycles. The molecular formula is C23H36N2O10. The number of nitrogens with one attached hydrogen (secondary N) is 2. The first-order valence-electron chi connectivity index (χ1n) is 12.5. The first kappa shape index (κ1) is 25.5. The topological polar surface area (TPSA) is 181 Å². The van der Waals surface area contributed by atoms with Crippen LogP contribution in [0.15, 0.2) is 11.6 Å². The SMILES string of the molecule is CC12CCC3C(CCC4(O)CC(O[NH+]([O-])O)CCC34CO[NH+]([O-])O)C1(O)CCC2C1=CC(=O)OC1. The first-order valence-corrected chi connectivity index (χ1v) is 12.5. The van der Waals surface area contributed by atoms with E-state index < -0.39 is 38.9 Å². The van der Waals surface area contributed by atoms with Crippen LogP contribution in [0.3, 0.4) is 0 Å². The lowest BCUT2D eigenvalue weighted by atomic mass is 9.41. The Morgan fingerprint density at radius 1 is 1.06 bits per heavy atom. The lowest BCUT2D eigenvalue weighted by Crippen LogP contribution is -3.04. The molecule has 0 aromatic heterocycles. The van der Waals surface area contributed by atoms with Crippen LogP contribution in [-0.4, -0.2) is 57.1 Å². The van der Waals surface area contributed by atoms with Crippen molar-refractivity contribution in [2.75, 3.05) is 13.2 Å². The molecule has 5 rings (SSSR count). The second-order valence-corrected chi connectivity index (χ2v) is 11.5. The molecule has 0 saturated heterocycles. The van der Waals surface area contributed by atoms with Crippen LogP contribution in [-0.2, 0) is 19.2 Å². The minimum Gasteiger partial charge on any atom is -0.566 e. The zero-order valence-electron chi connectivity index (χ0n) is 19.9. The Morgan fingerprint density at radius 3 is 2.46 bits per heavy atom. The van der Waals surface area contributed by atoms with Gasteiger partial charge in [-0.25, -0.2) is 4.79 Å². The molecule has 0 bridgehead atoms. The van der Waals surface area contributed by atoms with Crippen LogP contribution >= 0.6 is 0 Å². The maximum absolute atomic E-state index is 12.3. The minimum atomic E-state index is -1.43. The summed E-state index contributed by atoms with van der Waals surface area (Å²) < 4.78 is 5.16. The lowest BCUT2D eigenvalue weighted by molar-refractivity contribution is -1.21. The number of hydrogen-bond donors (Lipinski definition) is 6. The number of rotatable bonds is 6. The fraction of sp³-hybridized carbons (Fsp3) is 0.870. The fourth-order valence-corrected chi connectivity index (χ4v) is 8.90. The zero-order chi connectivity index (χ0) is 25.2. The Kier molecular flexibility index (Phi) is 6.32. The normalized spacial score (nSPS) is 48.9. The summed E-state index contributed by atoms with van der Waals surface area (Å²) in [6.07, 6.45) is 5.09. The summed E-state index contributed by atoms with van der Waals surface area (Å²) in [6, 6.07) is 0. The molecule has 12 heteroatoms. The van der Waals surface area contributed by atoms with Crippen molar-refractivity contribution in [1.82, 2.24) is 0 Å². The molecule has 5 aliphatic rings. The molecule has 0 spiro atoms. The van der Waals surface area contributed by atoms with Gasteiger partial charge in [0.05, 0.1) is 11.2 Å². The van der Waals surface area contributed by atoms with E-state index in [0.29, 0.717) is 44.9 Å². The molecule has 4 fully saturated rings. The average Bonchev–Trinajstić information content (AvgIpc) is 3.31. The van der Waals surface area contributed by atoms with Crippen molar-refractivity contribution < 1.29 is 50.6 Å². The summed E-state index contributed by atoms with van der Waals surface area (Å²) in [5, 5.41) is 62.3. The van der Waals surface area contributed by atoms with Crippen molar-refractivity contribution in [2.45, 2.75) is 82.0 Å². The van der Waals surface area contributed by atoms with E-state index >= 15 is 0 Å². The fourth-order valence-electron chi connectivity index (χ4n) is 8.90. The summed E-state index contributed by atoms with van der Waals surface area (Å²) in [6.45, 7) is 2.14. The van der Waals surface area contributed by atoms with Gasteiger partial charge in [-0.2, -0.15) is 20.1 Å². The summed E-state index contributed by atoms with van der Waals surface area (Å²) in [7, 11) is 0.